The Labute approximate surface area is 94.1 Å². The van der Waals surface area contributed by atoms with E-state index >= 15 is 0 Å². The molecule has 1 rings (SSSR count). The fraction of sp³-hybridized carbons (Fsp3) is 0.846. The zero-order valence-electron chi connectivity index (χ0n) is 10.4. The monoisotopic (exact) mass is 211 g/mol. The number of methoxy groups -OCH3 is 1. The first kappa shape index (κ1) is 12.7. The van der Waals surface area contributed by atoms with Crippen molar-refractivity contribution in [3.8, 4) is 0 Å². The van der Waals surface area contributed by atoms with Crippen molar-refractivity contribution in [3.05, 3.63) is 11.6 Å². The van der Waals surface area contributed by atoms with Gasteiger partial charge in [-0.3, -0.25) is 0 Å². The first-order chi connectivity index (χ1) is 7.33. The van der Waals surface area contributed by atoms with Crippen LogP contribution in [0.2, 0.25) is 0 Å². The summed E-state index contributed by atoms with van der Waals surface area (Å²) in [5.74, 6) is 0. The molecule has 0 aromatic heterocycles. The van der Waals surface area contributed by atoms with Crippen molar-refractivity contribution in [1.82, 2.24) is 5.32 Å². The van der Waals surface area contributed by atoms with Gasteiger partial charge >= 0.3 is 0 Å². The predicted octanol–water partition coefficient (Wildman–Crippen LogP) is 2.89. The van der Waals surface area contributed by atoms with Gasteiger partial charge in [0.15, 0.2) is 0 Å². The van der Waals surface area contributed by atoms with Gasteiger partial charge in [-0.2, -0.15) is 0 Å². The molecule has 0 amide bonds. The molecule has 15 heavy (non-hydrogen) atoms. The van der Waals surface area contributed by atoms with E-state index in [9.17, 15) is 0 Å². The van der Waals surface area contributed by atoms with Crippen molar-refractivity contribution in [3.63, 3.8) is 0 Å². The van der Waals surface area contributed by atoms with Gasteiger partial charge in [0.2, 0.25) is 0 Å². The highest BCUT2D eigenvalue weighted by molar-refractivity contribution is 5.15. The number of rotatable bonds is 6. The fourth-order valence-corrected chi connectivity index (χ4v) is 2.46. The van der Waals surface area contributed by atoms with Gasteiger partial charge in [-0.15, -0.1) is 0 Å². The molecule has 0 bridgehead atoms. The Hall–Kier alpha value is -0.340. The molecule has 2 nitrogen and oxygen atoms in total. The molecule has 0 fully saturated rings. The molecule has 2 unspecified atom stereocenters. The molecule has 1 aliphatic carbocycles. The van der Waals surface area contributed by atoms with E-state index in [2.05, 4.69) is 18.3 Å². The van der Waals surface area contributed by atoms with E-state index in [1.54, 1.807) is 5.57 Å². The van der Waals surface area contributed by atoms with Crippen molar-refractivity contribution >= 4 is 0 Å². The first-order valence-corrected chi connectivity index (χ1v) is 6.22. The van der Waals surface area contributed by atoms with Gasteiger partial charge in [0, 0.05) is 7.11 Å². The molecule has 0 saturated heterocycles. The standard InChI is InChI=1S/C13H25NO/c1-4-8-12(15-3)13(14-2)11-9-6-5-7-10-11/h9,12-14H,4-8,10H2,1-3H3. The summed E-state index contributed by atoms with van der Waals surface area (Å²) < 4.78 is 5.59. The van der Waals surface area contributed by atoms with Crippen LogP contribution in [0.4, 0.5) is 0 Å². The molecule has 0 spiro atoms. The summed E-state index contributed by atoms with van der Waals surface area (Å²) in [7, 11) is 3.87. The second-order valence-electron chi connectivity index (χ2n) is 4.35. The van der Waals surface area contributed by atoms with Gasteiger partial charge in [-0.25, -0.2) is 0 Å². The molecular weight excluding hydrogens is 186 g/mol. The van der Waals surface area contributed by atoms with Crippen LogP contribution < -0.4 is 5.32 Å². The smallest absolute Gasteiger partial charge is 0.0762 e. The van der Waals surface area contributed by atoms with Gasteiger partial charge in [-0.05, 0) is 39.2 Å². The molecule has 1 aliphatic rings. The number of nitrogens with one attached hydrogen (secondary N) is 1. The van der Waals surface area contributed by atoms with E-state index < -0.39 is 0 Å². The maximum absolute atomic E-state index is 5.59. The van der Waals surface area contributed by atoms with Crippen molar-refractivity contribution < 1.29 is 4.74 Å². The quantitative estimate of drug-likeness (QED) is 0.682. The van der Waals surface area contributed by atoms with E-state index in [1.165, 1.54) is 32.1 Å². The summed E-state index contributed by atoms with van der Waals surface area (Å²) in [5.41, 5.74) is 1.56. The summed E-state index contributed by atoms with van der Waals surface area (Å²) >= 11 is 0. The van der Waals surface area contributed by atoms with Crippen LogP contribution >= 0.6 is 0 Å². The highest BCUT2D eigenvalue weighted by Crippen LogP contribution is 2.24. The Morgan fingerprint density at radius 2 is 2.27 bits per heavy atom. The number of hydrogen-bond acceptors (Lipinski definition) is 2. The molecule has 0 radical (unpaired) electrons. The Morgan fingerprint density at radius 3 is 2.73 bits per heavy atom. The Kier molecular flexibility index (Phi) is 5.96. The van der Waals surface area contributed by atoms with Crippen LogP contribution in [-0.4, -0.2) is 26.3 Å². The minimum Gasteiger partial charge on any atom is -0.379 e. The molecule has 1 N–H and O–H groups in total. The number of allylic oxidation sites excluding steroid dienone is 1. The molecule has 0 saturated carbocycles. The number of ether oxygens (including phenoxy) is 1. The van der Waals surface area contributed by atoms with E-state index in [0.717, 1.165) is 6.42 Å². The minimum atomic E-state index is 0.337. The molecule has 2 heteroatoms. The first-order valence-electron chi connectivity index (χ1n) is 6.22. The zero-order chi connectivity index (χ0) is 11.1. The van der Waals surface area contributed by atoms with Crippen LogP contribution in [-0.2, 0) is 4.74 Å². The predicted molar refractivity (Wildman–Crippen MR) is 65.1 cm³/mol. The van der Waals surface area contributed by atoms with Crippen LogP contribution in [0.3, 0.4) is 0 Å². The molecule has 0 aliphatic heterocycles. The van der Waals surface area contributed by atoms with E-state index in [0.29, 0.717) is 12.1 Å². The van der Waals surface area contributed by atoms with Crippen molar-refractivity contribution in [2.75, 3.05) is 14.2 Å². The third kappa shape index (κ3) is 3.62. The van der Waals surface area contributed by atoms with E-state index in [4.69, 9.17) is 4.74 Å². The average Bonchev–Trinajstić information content (AvgIpc) is 2.30. The third-order valence-corrected chi connectivity index (χ3v) is 3.28. The normalized spacial score (nSPS) is 20.9. The minimum absolute atomic E-state index is 0.337. The largest absolute Gasteiger partial charge is 0.379 e. The average molecular weight is 211 g/mol. The fourth-order valence-electron chi connectivity index (χ4n) is 2.46. The number of likely N-dealkylation sites (N-methyl/N-ethyl adjacent to an activating group) is 1. The zero-order valence-corrected chi connectivity index (χ0v) is 10.4. The van der Waals surface area contributed by atoms with Crippen LogP contribution in [0.1, 0.15) is 45.4 Å². The van der Waals surface area contributed by atoms with Crippen molar-refractivity contribution in [1.29, 1.82) is 0 Å². The maximum atomic E-state index is 5.59. The summed E-state index contributed by atoms with van der Waals surface area (Å²) in [6.45, 7) is 2.22. The van der Waals surface area contributed by atoms with E-state index in [-0.39, 0.29) is 0 Å². The van der Waals surface area contributed by atoms with Gasteiger partial charge in [0.05, 0.1) is 12.1 Å². The topological polar surface area (TPSA) is 21.3 Å². The van der Waals surface area contributed by atoms with E-state index in [1.807, 2.05) is 14.2 Å². The number of hydrogen-bond donors (Lipinski definition) is 1. The lowest BCUT2D eigenvalue weighted by Crippen LogP contribution is -2.40. The van der Waals surface area contributed by atoms with Gasteiger partial charge in [0.1, 0.15) is 0 Å². The molecule has 88 valence electrons. The molecule has 2 atom stereocenters. The Bertz CT molecular complexity index is 201. The van der Waals surface area contributed by atoms with Crippen molar-refractivity contribution in [2.24, 2.45) is 0 Å². The van der Waals surface area contributed by atoms with Crippen LogP contribution in [0.5, 0.6) is 0 Å². The third-order valence-electron chi connectivity index (χ3n) is 3.28. The highest BCUT2D eigenvalue weighted by atomic mass is 16.5. The molecule has 0 aromatic rings. The summed E-state index contributed by atoms with van der Waals surface area (Å²) in [6.07, 6.45) is 10.3. The Morgan fingerprint density at radius 1 is 1.47 bits per heavy atom. The summed E-state index contributed by atoms with van der Waals surface area (Å²) in [5, 5.41) is 3.41. The van der Waals surface area contributed by atoms with Crippen LogP contribution in [0.15, 0.2) is 11.6 Å². The second kappa shape index (κ2) is 7.02. The molecule has 0 aromatic carbocycles. The maximum Gasteiger partial charge on any atom is 0.0762 e. The summed E-state index contributed by atoms with van der Waals surface area (Å²) in [6, 6.07) is 0.426. The second-order valence-corrected chi connectivity index (χ2v) is 4.35. The van der Waals surface area contributed by atoms with Gasteiger partial charge < -0.3 is 10.1 Å². The van der Waals surface area contributed by atoms with Gasteiger partial charge in [-0.1, -0.05) is 25.0 Å². The van der Waals surface area contributed by atoms with Crippen LogP contribution in [0, 0.1) is 0 Å². The van der Waals surface area contributed by atoms with Crippen LogP contribution in [0.25, 0.3) is 0 Å². The lowest BCUT2D eigenvalue weighted by Gasteiger charge is -2.29. The highest BCUT2D eigenvalue weighted by Gasteiger charge is 2.23. The molecule has 0 heterocycles. The lowest BCUT2D eigenvalue weighted by molar-refractivity contribution is 0.0720. The lowest BCUT2D eigenvalue weighted by atomic mass is 9.89. The summed E-state index contributed by atoms with van der Waals surface area (Å²) in [4.78, 5) is 0. The van der Waals surface area contributed by atoms with Gasteiger partial charge in [0.25, 0.3) is 0 Å². The van der Waals surface area contributed by atoms with Crippen molar-refractivity contribution in [2.45, 2.75) is 57.6 Å². The Balaban J connectivity index is 2.62. The SMILES string of the molecule is CCCC(OC)C(NC)C1=CCCCC1. The molecular formula is C13H25NO.